The van der Waals surface area contributed by atoms with Gasteiger partial charge in [-0.3, -0.25) is 4.79 Å². The second kappa shape index (κ2) is 3.68. The van der Waals surface area contributed by atoms with Gasteiger partial charge in [0.05, 0.1) is 0 Å². The molecular weight excluding hydrogens is 150 g/mol. The van der Waals surface area contributed by atoms with Gasteiger partial charge in [-0.05, 0) is 24.8 Å². The molecule has 1 atom stereocenters. The molecule has 0 fully saturated rings. The van der Waals surface area contributed by atoms with Crippen LogP contribution in [0.15, 0.2) is 23.8 Å². The Morgan fingerprint density at radius 1 is 1.83 bits per heavy atom. The monoisotopic (exact) mass is 165 g/mol. The molecule has 66 valence electrons. The second-order valence-electron chi connectivity index (χ2n) is 3.31. The summed E-state index contributed by atoms with van der Waals surface area (Å²) in [6, 6.07) is 0. The second-order valence-corrected chi connectivity index (χ2v) is 3.31. The lowest BCUT2D eigenvalue weighted by molar-refractivity contribution is -0.116. The average Bonchev–Trinajstić information content (AvgIpc) is 2.08. The smallest absolute Gasteiger partial charge is 0.158 e. The number of allylic oxidation sites excluding steroid dienone is 2. The van der Waals surface area contributed by atoms with Crippen LogP contribution < -0.4 is 5.73 Å². The minimum atomic E-state index is 0.237. The summed E-state index contributed by atoms with van der Waals surface area (Å²) in [4.78, 5) is 11.3. The van der Waals surface area contributed by atoms with E-state index in [1.165, 1.54) is 0 Å². The first-order valence-corrected chi connectivity index (χ1v) is 4.23. The fraction of sp³-hybridized carbons (Fsp3) is 0.500. The molecule has 0 unspecified atom stereocenters. The Hall–Kier alpha value is -0.890. The lowest BCUT2D eigenvalue weighted by Gasteiger charge is -2.20. The Kier molecular flexibility index (Phi) is 2.82. The van der Waals surface area contributed by atoms with Crippen LogP contribution in [0.2, 0.25) is 0 Å². The minimum absolute atomic E-state index is 0.237. The normalized spacial score (nSPS) is 23.7. The Balaban J connectivity index is 2.65. The molecule has 1 aliphatic rings. The number of nitrogens with two attached hydrogens (primary N) is 1. The lowest BCUT2D eigenvalue weighted by atomic mass is 9.84. The van der Waals surface area contributed by atoms with Crippen molar-refractivity contribution in [2.24, 2.45) is 11.7 Å². The van der Waals surface area contributed by atoms with E-state index < -0.39 is 0 Å². The predicted molar refractivity (Wildman–Crippen MR) is 49.7 cm³/mol. The van der Waals surface area contributed by atoms with Crippen molar-refractivity contribution in [1.29, 1.82) is 0 Å². The number of carbonyl (C=O) groups excluding carboxylic acids is 1. The zero-order chi connectivity index (χ0) is 9.14. The summed E-state index contributed by atoms with van der Waals surface area (Å²) >= 11 is 0. The van der Waals surface area contributed by atoms with E-state index in [9.17, 15) is 4.79 Å². The van der Waals surface area contributed by atoms with Gasteiger partial charge in [-0.25, -0.2) is 0 Å². The highest BCUT2D eigenvalue weighted by atomic mass is 16.1. The molecule has 0 aliphatic heterocycles. The SMILES string of the molecule is C=C(CN)[C@@H]1CC=C(C)C(=O)C1. The van der Waals surface area contributed by atoms with Gasteiger partial charge in [-0.1, -0.05) is 18.2 Å². The number of ketones is 1. The highest BCUT2D eigenvalue weighted by molar-refractivity contribution is 5.95. The van der Waals surface area contributed by atoms with Crippen LogP contribution >= 0.6 is 0 Å². The van der Waals surface area contributed by atoms with Gasteiger partial charge in [-0.15, -0.1) is 0 Å². The molecule has 1 rings (SSSR count). The minimum Gasteiger partial charge on any atom is -0.327 e. The summed E-state index contributed by atoms with van der Waals surface area (Å²) in [5.41, 5.74) is 7.33. The topological polar surface area (TPSA) is 43.1 Å². The van der Waals surface area contributed by atoms with Gasteiger partial charge in [0.1, 0.15) is 0 Å². The van der Waals surface area contributed by atoms with Crippen molar-refractivity contribution in [2.75, 3.05) is 6.54 Å². The zero-order valence-corrected chi connectivity index (χ0v) is 7.47. The molecule has 0 saturated carbocycles. The molecule has 12 heavy (non-hydrogen) atoms. The largest absolute Gasteiger partial charge is 0.327 e. The molecule has 0 aromatic rings. The molecule has 0 spiro atoms. The van der Waals surface area contributed by atoms with Crippen LogP contribution in [0, 0.1) is 5.92 Å². The maximum absolute atomic E-state index is 11.3. The van der Waals surface area contributed by atoms with Crippen molar-refractivity contribution < 1.29 is 4.79 Å². The van der Waals surface area contributed by atoms with Crippen LogP contribution in [0.1, 0.15) is 19.8 Å². The predicted octanol–water partition coefficient (Wildman–Crippen LogP) is 1.43. The van der Waals surface area contributed by atoms with Crippen LogP contribution in [-0.4, -0.2) is 12.3 Å². The summed E-state index contributed by atoms with van der Waals surface area (Å²) in [5.74, 6) is 0.520. The van der Waals surface area contributed by atoms with E-state index >= 15 is 0 Å². The highest BCUT2D eigenvalue weighted by Gasteiger charge is 2.20. The first kappa shape index (κ1) is 9.20. The third kappa shape index (κ3) is 1.83. The Bertz CT molecular complexity index is 240. The Labute approximate surface area is 73.1 Å². The Morgan fingerprint density at radius 2 is 2.50 bits per heavy atom. The molecule has 2 nitrogen and oxygen atoms in total. The maximum Gasteiger partial charge on any atom is 0.158 e. The van der Waals surface area contributed by atoms with E-state index in [1.807, 2.05) is 13.0 Å². The quantitative estimate of drug-likeness (QED) is 0.629. The number of carbonyl (C=O) groups is 1. The van der Waals surface area contributed by atoms with Gasteiger partial charge in [0.25, 0.3) is 0 Å². The van der Waals surface area contributed by atoms with Gasteiger partial charge in [0.2, 0.25) is 0 Å². The number of hydrogen-bond acceptors (Lipinski definition) is 2. The van der Waals surface area contributed by atoms with Crippen LogP contribution in [-0.2, 0) is 4.79 Å². The summed E-state index contributed by atoms with van der Waals surface area (Å²) in [7, 11) is 0. The number of rotatable bonds is 2. The number of hydrogen-bond donors (Lipinski definition) is 1. The number of Topliss-reactive ketones (excluding diaryl/α,β-unsaturated/α-hetero) is 1. The van der Waals surface area contributed by atoms with Crippen LogP contribution in [0.4, 0.5) is 0 Å². The molecule has 0 aromatic carbocycles. The molecule has 0 saturated heterocycles. The third-order valence-electron chi connectivity index (χ3n) is 2.42. The molecule has 1 aliphatic carbocycles. The molecular formula is C10H15NO. The Morgan fingerprint density at radius 3 is 3.00 bits per heavy atom. The average molecular weight is 165 g/mol. The van der Waals surface area contributed by atoms with Crippen molar-refractivity contribution in [1.82, 2.24) is 0 Å². The van der Waals surface area contributed by atoms with E-state index in [-0.39, 0.29) is 11.7 Å². The van der Waals surface area contributed by atoms with E-state index in [2.05, 4.69) is 6.58 Å². The van der Waals surface area contributed by atoms with E-state index in [1.54, 1.807) is 0 Å². The fourth-order valence-electron chi connectivity index (χ4n) is 1.38. The molecule has 0 bridgehead atoms. The van der Waals surface area contributed by atoms with Crippen molar-refractivity contribution in [3.63, 3.8) is 0 Å². The summed E-state index contributed by atoms with van der Waals surface area (Å²) < 4.78 is 0. The summed E-state index contributed by atoms with van der Waals surface area (Å²) in [6.07, 6.45) is 3.50. The first-order valence-electron chi connectivity index (χ1n) is 4.23. The first-order chi connectivity index (χ1) is 5.65. The van der Waals surface area contributed by atoms with E-state index in [0.29, 0.717) is 13.0 Å². The molecule has 2 N–H and O–H groups in total. The third-order valence-corrected chi connectivity index (χ3v) is 2.42. The van der Waals surface area contributed by atoms with Crippen molar-refractivity contribution in [3.05, 3.63) is 23.8 Å². The maximum atomic E-state index is 11.3. The van der Waals surface area contributed by atoms with Gasteiger partial charge < -0.3 is 5.73 Å². The van der Waals surface area contributed by atoms with E-state index in [4.69, 9.17) is 5.73 Å². The zero-order valence-electron chi connectivity index (χ0n) is 7.47. The summed E-state index contributed by atoms with van der Waals surface area (Å²) in [5, 5.41) is 0. The van der Waals surface area contributed by atoms with Crippen molar-refractivity contribution >= 4 is 5.78 Å². The van der Waals surface area contributed by atoms with Gasteiger partial charge in [0.15, 0.2) is 5.78 Å². The molecule has 0 heterocycles. The standard InChI is InChI=1S/C10H15NO/c1-7-3-4-9(5-10(7)12)8(2)6-11/h3,9H,2,4-6,11H2,1H3/t9-/m1/s1. The lowest BCUT2D eigenvalue weighted by Crippen LogP contribution is -2.19. The van der Waals surface area contributed by atoms with E-state index in [0.717, 1.165) is 17.6 Å². The molecule has 0 aromatic heterocycles. The highest BCUT2D eigenvalue weighted by Crippen LogP contribution is 2.25. The van der Waals surface area contributed by atoms with Crippen LogP contribution in [0.25, 0.3) is 0 Å². The van der Waals surface area contributed by atoms with Gasteiger partial charge in [0, 0.05) is 13.0 Å². The fourth-order valence-corrected chi connectivity index (χ4v) is 1.38. The van der Waals surface area contributed by atoms with Crippen LogP contribution in [0.3, 0.4) is 0 Å². The molecule has 0 amide bonds. The molecule has 2 heteroatoms. The van der Waals surface area contributed by atoms with Crippen molar-refractivity contribution in [3.8, 4) is 0 Å². The van der Waals surface area contributed by atoms with Crippen molar-refractivity contribution in [2.45, 2.75) is 19.8 Å². The summed E-state index contributed by atoms with van der Waals surface area (Å²) in [6.45, 7) is 6.21. The van der Waals surface area contributed by atoms with Gasteiger partial charge in [-0.2, -0.15) is 0 Å². The van der Waals surface area contributed by atoms with Crippen LogP contribution in [0.5, 0.6) is 0 Å². The molecule has 0 radical (unpaired) electrons. The van der Waals surface area contributed by atoms with Gasteiger partial charge >= 0.3 is 0 Å².